The summed E-state index contributed by atoms with van der Waals surface area (Å²) in [4.78, 5) is 31.8. The number of nitrogens with one attached hydrogen (secondary N) is 2. The van der Waals surface area contributed by atoms with Crippen molar-refractivity contribution in [1.82, 2.24) is 20.1 Å². The predicted octanol–water partition coefficient (Wildman–Crippen LogP) is 3.78. The molecule has 0 unspecified atom stereocenters. The molecule has 31 heavy (non-hydrogen) atoms. The van der Waals surface area contributed by atoms with Crippen LogP contribution in [-0.2, 0) is 11.2 Å². The standard InChI is InChI=1S/C24H27FN4O2/c1-2-26-24(31)29-14-12-28(13-15-29)22(30)11-9-19-20-16-18(25)8-10-21(20)27-23(19)17-6-4-3-5-7-17/h3-8,10,16,27H,2,9,11-15H2,1H3,(H,26,31). The zero-order chi connectivity index (χ0) is 21.8. The molecule has 2 N–H and O–H groups in total. The highest BCUT2D eigenvalue weighted by atomic mass is 19.1. The molecule has 3 aromatic rings. The number of halogens is 1. The lowest BCUT2D eigenvalue weighted by Gasteiger charge is -2.34. The van der Waals surface area contributed by atoms with Crippen molar-refractivity contribution in [3.63, 3.8) is 0 Å². The van der Waals surface area contributed by atoms with Gasteiger partial charge in [0.15, 0.2) is 0 Å². The van der Waals surface area contributed by atoms with Crippen LogP contribution < -0.4 is 5.32 Å². The number of hydrogen-bond acceptors (Lipinski definition) is 2. The van der Waals surface area contributed by atoms with Crippen LogP contribution in [-0.4, -0.2) is 59.4 Å². The number of rotatable bonds is 5. The molecule has 7 heteroatoms. The molecule has 0 aliphatic carbocycles. The molecular formula is C24H27FN4O2. The smallest absolute Gasteiger partial charge is 0.317 e. The number of amides is 3. The lowest BCUT2D eigenvalue weighted by molar-refractivity contribution is -0.132. The van der Waals surface area contributed by atoms with Crippen molar-refractivity contribution in [1.29, 1.82) is 0 Å². The van der Waals surface area contributed by atoms with Gasteiger partial charge in [-0.25, -0.2) is 9.18 Å². The SMILES string of the molecule is CCNC(=O)N1CCN(C(=O)CCc2c(-c3ccccc3)[nH]c3ccc(F)cc23)CC1. The van der Waals surface area contributed by atoms with Crippen LogP contribution in [0.15, 0.2) is 48.5 Å². The Labute approximate surface area is 181 Å². The van der Waals surface area contributed by atoms with Crippen molar-refractivity contribution >= 4 is 22.8 Å². The number of aromatic nitrogens is 1. The van der Waals surface area contributed by atoms with Crippen LogP contribution >= 0.6 is 0 Å². The number of nitrogens with zero attached hydrogens (tertiary/aromatic N) is 2. The number of aryl methyl sites for hydroxylation is 1. The summed E-state index contributed by atoms with van der Waals surface area (Å²) in [5.41, 5.74) is 3.75. The van der Waals surface area contributed by atoms with E-state index in [0.717, 1.165) is 27.7 Å². The Bertz CT molecular complexity index is 1070. The molecule has 2 heterocycles. The summed E-state index contributed by atoms with van der Waals surface area (Å²) in [6.45, 7) is 4.61. The minimum atomic E-state index is -0.292. The van der Waals surface area contributed by atoms with E-state index in [1.165, 1.54) is 12.1 Å². The first kappa shape index (κ1) is 20.9. The van der Waals surface area contributed by atoms with Crippen LogP contribution in [0.5, 0.6) is 0 Å². The second-order valence-electron chi connectivity index (χ2n) is 7.74. The van der Waals surface area contributed by atoms with E-state index < -0.39 is 0 Å². The molecule has 2 aromatic carbocycles. The van der Waals surface area contributed by atoms with E-state index in [1.54, 1.807) is 11.0 Å². The summed E-state index contributed by atoms with van der Waals surface area (Å²) < 4.78 is 13.9. The highest BCUT2D eigenvalue weighted by molar-refractivity contribution is 5.91. The highest BCUT2D eigenvalue weighted by Crippen LogP contribution is 2.32. The number of carbonyl (C=O) groups is 2. The van der Waals surface area contributed by atoms with Gasteiger partial charge >= 0.3 is 6.03 Å². The first-order chi connectivity index (χ1) is 15.1. The summed E-state index contributed by atoms with van der Waals surface area (Å²) in [6, 6.07) is 14.5. The minimum absolute atomic E-state index is 0.0558. The topological polar surface area (TPSA) is 68.4 Å². The van der Waals surface area contributed by atoms with Gasteiger partial charge in [0.1, 0.15) is 5.82 Å². The molecule has 1 aliphatic rings. The Morgan fingerprint density at radius 3 is 2.45 bits per heavy atom. The van der Waals surface area contributed by atoms with Gasteiger partial charge in [0, 0.05) is 55.7 Å². The number of H-pyrrole nitrogens is 1. The fourth-order valence-corrected chi connectivity index (χ4v) is 4.14. The highest BCUT2D eigenvalue weighted by Gasteiger charge is 2.24. The molecule has 162 valence electrons. The molecular weight excluding hydrogens is 395 g/mol. The lowest BCUT2D eigenvalue weighted by Crippen LogP contribution is -2.53. The molecule has 0 spiro atoms. The minimum Gasteiger partial charge on any atom is -0.354 e. The van der Waals surface area contributed by atoms with Crippen LogP contribution in [0.2, 0.25) is 0 Å². The van der Waals surface area contributed by atoms with E-state index in [9.17, 15) is 14.0 Å². The van der Waals surface area contributed by atoms with Crippen molar-refractivity contribution in [2.75, 3.05) is 32.7 Å². The van der Waals surface area contributed by atoms with Gasteiger partial charge in [-0.15, -0.1) is 0 Å². The average molecular weight is 423 g/mol. The second-order valence-corrected chi connectivity index (χ2v) is 7.74. The monoisotopic (exact) mass is 422 g/mol. The third-order valence-corrected chi connectivity index (χ3v) is 5.77. The Morgan fingerprint density at radius 1 is 1.03 bits per heavy atom. The Balaban J connectivity index is 1.48. The van der Waals surface area contributed by atoms with E-state index >= 15 is 0 Å². The maximum atomic E-state index is 13.9. The van der Waals surface area contributed by atoms with Gasteiger partial charge in [-0.05, 0) is 42.7 Å². The third-order valence-electron chi connectivity index (χ3n) is 5.77. The zero-order valence-electron chi connectivity index (χ0n) is 17.7. The molecule has 0 saturated carbocycles. The number of hydrogen-bond donors (Lipinski definition) is 2. The largest absolute Gasteiger partial charge is 0.354 e. The van der Waals surface area contributed by atoms with E-state index in [1.807, 2.05) is 42.2 Å². The molecule has 3 amide bonds. The summed E-state index contributed by atoms with van der Waals surface area (Å²) in [6.07, 6.45) is 0.855. The number of fused-ring (bicyclic) bond motifs is 1. The maximum Gasteiger partial charge on any atom is 0.317 e. The summed E-state index contributed by atoms with van der Waals surface area (Å²) in [5, 5.41) is 3.61. The molecule has 0 bridgehead atoms. The third kappa shape index (κ3) is 4.55. The molecule has 1 saturated heterocycles. The number of aromatic amines is 1. The summed E-state index contributed by atoms with van der Waals surface area (Å²) >= 11 is 0. The van der Waals surface area contributed by atoms with E-state index in [4.69, 9.17) is 0 Å². The van der Waals surface area contributed by atoms with E-state index in [0.29, 0.717) is 45.6 Å². The van der Waals surface area contributed by atoms with Gasteiger partial charge in [0.05, 0.1) is 0 Å². The summed E-state index contributed by atoms with van der Waals surface area (Å²) in [5.74, 6) is -0.236. The summed E-state index contributed by atoms with van der Waals surface area (Å²) in [7, 11) is 0. The quantitative estimate of drug-likeness (QED) is 0.657. The molecule has 4 rings (SSSR count). The van der Waals surface area contributed by atoms with Crippen molar-refractivity contribution < 1.29 is 14.0 Å². The zero-order valence-corrected chi connectivity index (χ0v) is 17.7. The van der Waals surface area contributed by atoms with Crippen LogP contribution in [0, 0.1) is 5.82 Å². The van der Waals surface area contributed by atoms with E-state index in [2.05, 4.69) is 10.3 Å². The second kappa shape index (κ2) is 9.20. The lowest BCUT2D eigenvalue weighted by atomic mass is 10.0. The van der Waals surface area contributed by atoms with Gasteiger partial charge < -0.3 is 20.1 Å². The van der Waals surface area contributed by atoms with Gasteiger partial charge in [0.2, 0.25) is 5.91 Å². The van der Waals surface area contributed by atoms with Crippen molar-refractivity contribution in [3.05, 3.63) is 59.9 Å². The molecule has 0 atom stereocenters. The molecule has 1 fully saturated rings. The Kier molecular flexibility index (Phi) is 6.21. The van der Waals surface area contributed by atoms with Gasteiger partial charge in [-0.3, -0.25) is 4.79 Å². The normalized spacial score (nSPS) is 14.1. The number of carbonyl (C=O) groups excluding carboxylic acids is 2. The van der Waals surface area contributed by atoms with Gasteiger partial charge in [0.25, 0.3) is 0 Å². The Morgan fingerprint density at radius 2 is 1.74 bits per heavy atom. The fourth-order valence-electron chi connectivity index (χ4n) is 4.14. The molecule has 1 aliphatic heterocycles. The van der Waals surface area contributed by atoms with E-state index in [-0.39, 0.29) is 17.8 Å². The van der Waals surface area contributed by atoms with Crippen LogP contribution in [0.3, 0.4) is 0 Å². The van der Waals surface area contributed by atoms with Crippen LogP contribution in [0.1, 0.15) is 18.9 Å². The first-order valence-corrected chi connectivity index (χ1v) is 10.7. The van der Waals surface area contributed by atoms with Crippen LogP contribution in [0.4, 0.5) is 9.18 Å². The average Bonchev–Trinajstić information content (AvgIpc) is 3.16. The molecule has 0 radical (unpaired) electrons. The molecule has 1 aromatic heterocycles. The van der Waals surface area contributed by atoms with Crippen LogP contribution in [0.25, 0.3) is 22.2 Å². The van der Waals surface area contributed by atoms with Crippen molar-refractivity contribution in [2.24, 2.45) is 0 Å². The fraction of sp³-hybridized carbons (Fsp3) is 0.333. The number of urea groups is 1. The number of benzene rings is 2. The van der Waals surface area contributed by atoms with Gasteiger partial charge in [-0.1, -0.05) is 30.3 Å². The van der Waals surface area contributed by atoms with Crippen molar-refractivity contribution in [3.8, 4) is 11.3 Å². The maximum absolute atomic E-state index is 13.9. The van der Waals surface area contributed by atoms with Gasteiger partial charge in [-0.2, -0.15) is 0 Å². The number of piperazine rings is 1. The first-order valence-electron chi connectivity index (χ1n) is 10.7. The Hall–Kier alpha value is -3.35. The molecule has 6 nitrogen and oxygen atoms in total. The van der Waals surface area contributed by atoms with Crippen molar-refractivity contribution in [2.45, 2.75) is 19.8 Å². The predicted molar refractivity (Wildman–Crippen MR) is 119 cm³/mol.